The largest absolute Gasteiger partial charge is 0.456 e. The molecule has 11 rings (SSSR count). The Labute approximate surface area is 289 Å². The number of fused-ring (bicyclic) bond motifs is 12. The zero-order valence-corrected chi connectivity index (χ0v) is 28.2. The molecule has 0 saturated carbocycles. The predicted octanol–water partition coefficient (Wildman–Crippen LogP) is 13.3. The van der Waals surface area contributed by atoms with Gasteiger partial charge in [0.25, 0.3) is 0 Å². The third-order valence-corrected chi connectivity index (χ3v) is 11.5. The highest BCUT2D eigenvalue weighted by molar-refractivity contribution is 6.25. The molecule has 8 aromatic carbocycles. The fraction of sp³-hybridized carbons (Fsp3) is 0.0833. The first-order valence-corrected chi connectivity index (χ1v) is 17.5. The lowest BCUT2D eigenvalue weighted by atomic mass is 9.81. The van der Waals surface area contributed by atoms with Crippen LogP contribution in [0.5, 0.6) is 0 Å². The zero-order valence-electron chi connectivity index (χ0n) is 28.2. The number of aryl methyl sites for hydroxylation is 1. The van der Waals surface area contributed by atoms with Crippen LogP contribution in [-0.2, 0) is 5.41 Å². The van der Waals surface area contributed by atoms with E-state index in [0.29, 0.717) is 0 Å². The minimum atomic E-state index is -0.0906. The van der Waals surface area contributed by atoms with Gasteiger partial charge in [-0.3, -0.25) is 0 Å². The van der Waals surface area contributed by atoms with Gasteiger partial charge in [-0.05, 0) is 92.2 Å². The highest BCUT2D eigenvalue weighted by atomic mass is 16.3. The van der Waals surface area contributed by atoms with Crippen molar-refractivity contribution in [3.8, 4) is 27.9 Å². The average molecular weight is 640 g/mol. The van der Waals surface area contributed by atoms with Crippen molar-refractivity contribution in [1.29, 1.82) is 0 Å². The maximum Gasteiger partial charge on any atom is 0.137 e. The molecule has 0 N–H and O–H groups in total. The summed E-state index contributed by atoms with van der Waals surface area (Å²) in [5, 5.41) is 9.82. The van der Waals surface area contributed by atoms with E-state index in [2.05, 4.69) is 171 Å². The van der Waals surface area contributed by atoms with Crippen molar-refractivity contribution in [3.05, 3.63) is 162 Å². The van der Waals surface area contributed by atoms with Gasteiger partial charge in [0.1, 0.15) is 11.2 Å². The van der Waals surface area contributed by atoms with Crippen molar-refractivity contribution in [3.63, 3.8) is 0 Å². The quantitative estimate of drug-likeness (QED) is 0.184. The highest BCUT2D eigenvalue weighted by Gasteiger charge is 2.35. The molecule has 0 atom stereocenters. The molecule has 2 heteroatoms. The van der Waals surface area contributed by atoms with E-state index in [1.807, 2.05) is 0 Å². The Bertz CT molecular complexity index is 3080. The average Bonchev–Trinajstić information content (AvgIpc) is 3.75. The van der Waals surface area contributed by atoms with Gasteiger partial charge in [-0.25, -0.2) is 0 Å². The van der Waals surface area contributed by atoms with Crippen molar-refractivity contribution in [2.45, 2.75) is 26.2 Å². The minimum absolute atomic E-state index is 0.0906. The maximum atomic E-state index is 6.54. The Balaban J connectivity index is 1.30. The molecule has 0 amide bonds. The summed E-state index contributed by atoms with van der Waals surface area (Å²) in [5.74, 6) is 0. The summed E-state index contributed by atoms with van der Waals surface area (Å²) in [6, 6.07) is 53.7. The van der Waals surface area contributed by atoms with Crippen molar-refractivity contribution in [2.24, 2.45) is 0 Å². The second kappa shape index (κ2) is 9.74. The van der Waals surface area contributed by atoms with Gasteiger partial charge in [0.2, 0.25) is 0 Å². The van der Waals surface area contributed by atoms with Gasteiger partial charge in [-0.15, -0.1) is 0 Å². The van der Waals surface area contributed by atoms with E-state index in [-0.39, 0.29) is 5.41 Å². The third kappa shape index (κ3) is 3.58. The molecule has 236 valence electrons. The van der Waals surface area contributed by atoms with E-state index < -0.39 is 0 Å². The van der Waals surface area contributed by atoms with Crippen molar-refractivity contribution >= 4 is 65.3 Å². The molecule has 2 heterocycles. The number of para-hydroxylation sites is 1. The van der Waals surface area contributed by atoms with Crippen molar-refractivity contribution < 1.29 is 4.42 Å². The molecule has 50 heavy (non-hydrogen) atoms. The fourth-order valence-corrected chi connectivity index (χ4v) is 9.14. The SMILES string of the molecule is Cc1c(-n2c3cc4oc5ccccc5c4cc3c3c4ccccc4ccc32)c(-c2ccc3c(c2)C(C)(C)c2ccccc2-3)cc2ccccc12. The molecular weight excluding hydrogens is 607 g/mol. The first-order chi connectivity index (χ1) is 24.5. The van der Waals surface area contributed by atoms with Gasteiger partial charge in [-0.2, -0.15) is 0 Å². The number of hydrogen-bond donors (Lipinski definition) is 0. The van der Waals surface area contributed by atoms with E-state index >= 15 is 0 Å². The summed E-state index contributed by atoms with van der Waals surface area (Å²) >= 11 is 0. The molecule has 0 fully saturated rings. The molecule has 2 aromatic heterocycles. The van der Waals surface area contributed by atoms with Gasteiger partial charge in [0.05, 0.1) is 16.7 Å². The Morgan fingerprint density at radius 1 is 0.480 bits per heavy atom. The first kappa shape index (κ1) is 27.8. The number of benzene rings is 8. The molecule has 0 radical (unpaired) electrons. The minimum Gasteiger partial charge on any atom is -0.456 e. The Kier molecular flexibility index (Phi) is 5.41. The summed E-state index contributed by atoms with van der Waals surface area (Å²) in [6.07, 6.45) is 0. The Morgan fingerprint density at radius 2 is 1.20 bits per heavy atom. The number of aromatic nitrogens is 1. The van der Waals surface area contributed by atoms with Crippen LogP contribution >= 0.6 is 0 Å². The van der Waals surface area contributed by atoms with E-state index in [0.717, 1.165) is 27.5 Å². The van der Waals surface area contributed by atoms with Crippen LogP contribution in [0.25, 0.3) is 93.2 Å². The molecule has 0 unspecified atom stereocenters. The smallest absolute Gasteiger partial charge is 0.137 e. The maximum absolute atomic E-state index is 6.54. The van der Waals surface area contributed by atoms with E-state index in [4.69, 9.17) is 4.42 Å². The molecule has 2 nitrogen and oxygen atoms in total. The van der Waals surface area contributed by atoms with Crippen LogP contribution in [0.2, 0.25) is 0 Å². The Hall–Kier alpha value is -6.12. The zero-order chi connectivity index (χ0) is 33.3. The molecule has 1 aliphatic carbocycles. The van der Waals surface area contributed by atoms with Crippen LogP contribution in [0.3, 0.4) is 0 Å². The summed E-state index contributed by atoms with van der Waals surface area (Å²) in [6.45, 7) is 7.03. The van der Waals surface area contributed by atoms with Gasteiger partial charge < -0.3 is 8.98 Å². The lowest BCUT2D eigenvalue weighted by Crippen LogP contribution is -2.15. The molecule has 0 saturated heterocycles. The molecule has 0 aliphatic heterocycles. The molecule has 0 bridgehead atoms. The van der Waals surface area contributed by atoms with Crippen LogP contribution in [-0.4, -0.2) is 4.57 Å². The lowest BCUT2D eigenvalue weighted by molar-refractivity contribution is 0.660. The normalized spacial score (nSPS) is 13.7. The van der Waals surface area contributed by atoms with Crippen LogP contribution in [0, 0.1) is 6.92 Å². The predicted molar refractivity (Wildman–Crippen MR) is 211 cm³/mol. The summed E-state index contributed by atoms with van der Waals surface area (Å²) in [7, 11) is 0. The highest BCUT2D eigenvalue weighted by Crippen LogP contribution is 2.51. The van der Waals surface area contributed by atoms with E-state index in [1.165, 1.54) is 82.5 Å². The first-order valence-electron chi connectivity index (χ1n) is 17.5. The molecule has 10 aromatic rings. The number of hydrogen-bond acceptors (Lipinski definition) is 1. The van der Waals surface area contributed by atoms with Gasteiger partial charge >= 0.3 is 0 Å². The van der Waals surface area contributed by atoms with Crippen molar-refractivity contribution in [1.82, 2.24) is 4.57 Å². The molecule has 1 aliphatic rings. The number of furan rings is 1. The topological polar surface area (TPSA) is 18.1 Å². The van der Waals surface area contributed by atoms with Crippen LogP contribution in [0.15, 0.2) is 150 Å². The molecule has 0 spiro atoms. The second-order valence-electron chi connectivity index (χ2n) is 14.5. The monoisotopic (exact) mass is 639 g/mol. The van der Waals surface area contributed by atoms with Gasteiger partial charge in [-0.1, -0.05) is 123 Å². The lowest BCUT2D eigenvalue weighted by Gasteiger charge is -2.23. The van der Waals surface area contributed by atoms with Crippen molar-refractivity contribution in [2.75, 3.05) is 0 Å². The summed E-state index contributed by atoms with van der Waals surface area (Å²) in [5.41, 5.74) is 14.5. The number of nitrogens with zero attached hydrogens (tertiary/aromatic N) is 1. The van der Waals surface area contributed by atoms with Crippen LogP contribution in [0.1, 0.15) is 30.5 Å². The summed E-state index contributed by atoms with van der Waals surface area (Å²) in [4.78, 5) is 0. The van der Waals surface area contributed by atoms with Gasteiger partial charge in [0, 0.05) is 38.6 Å². The Morgan fingerprint density at radius 3 is 2.08 bits per heavy atom. The fourth-order valence-electron chi connectivity index (χ4n) is 9.14. The van der Waals surface area contributed by atoms with E-state index in [9.17, 15) is 0 Å². The van der Waals surface area contributed by atoms with Crippen LogP contribution in [0.4, 0.5) is 0 Å². The standard InChI is InChI=1S/C48H33NO/c1-28-32-14-6-5-13-30(32)24-37(31-20-22-35-34-16-8-10-18-40(34)48(2,3)41(35)25-31)47(28)49-42-23-21-29-12-4-7-15-33(29)46(42)39-26-38-36-17-9-11-19-44(36)50-45(38)27-43(39)49/h4-27H,1-3H3. The van der Waals surface area contributed by atoms with Gasteiger partial charge in [0.15, 0.2) is 0 Å². The number of rotatable bonds is 2. The molecular formula is C48H33NO. The third-order valence-electron chi connectivity index (χ3n) is 11.5. The van der Waals surface area contributed by atoms with E-state index in [1.54, 1.807) is 0 Å². The second-order valence-corrected chi connectivity index (χ2v) is 14.5. The summed E-state index contributed by atoms with van der Waals surface area (Å²) < 4.78 is 9.06. The van der Waals surface area contributed by atoms with Crippen LogP contribution < -0.4 is 0 Å².